The molecular formula is C9H13NO4S. The van der Waals surface area contributed by atoms with E-state index in [1.807, 2.05) is 0 Å². The highest BCUT2D eigenvalue weighted by molar-refractivity contribution is 7.59. The number of rotatable bonds is 3. The zero-order valence-electron chi connectivity index (χ0n) is 7.84. The fourth-order valence-corrected chi connectivity index (χ4v) is 1.04. The van der Waals surface area contributed by atoms with Crippen molar-refractivity contribution in [2.24, 2.45) is 5.73 Å². The van der Waals surface area contributed by atoms with Gasteiger partial charge in [0.2, 0.25) is 0 Å². The second-order valence-electron chi connectivity index (χ2n) is 2.97. The summed E-state index contributed by atoms with van der Waals surface area (Å²) in [7, 11) is 0. The van der Waals surface area contributed by atoms with Crippen LogP contribution >= 0.6 is 13.5 Å². The summed E-state index contributed by atoms with van der Waals surface area (Å²) in [5.74, 6) is -1.62. The van der Waals surface area contributed by atoms with Crippen molar-refractivity contribution in [1.29, 1.82) is 0 Å². The average molecular weight is 231 g/mol. The molecule has 0 amide bonds. The molecule has 0 radical (unpaired) electrons. The van der Waals surface area contributed by atoms with Crippen LogP contribution < -0.4 is 5.73 Å². The first kappa shape index (κ1) is 13.6. The Hall–Kier alpha value is -1.40. The SMILES string of the molecule is N[C@@H](Cc1ccc(O)c(O)c1)C(=O)O.S. The summed E-state index contributed by atoms with van der Waals surface area (Å²) in [5.41, 5.74) is 5.86. The molecule has 0 heterocycles. The van der Waals surface area contributed by atoms with Crippen molar-refractivity contribution in [2.45, 2.75) is 12.5 Å². The van der Waals surface area contributed by atoms with E-state index in [1.165, 1.54) is 18.2 Å². The first-order valence-electron chi connectivity index (χ1n) is 4.00. The van der Waals surface area contributed by atoms with E-state index in [0.29, 0.717) is 5.56 Å². The Kier molecular flexibility index (Phi) is 4.96. The number of carboxylic acids is 1. The Balaban J connectivity index is 0.00000196. The Morgan fingerprint density at radius 1 is 1.33 bits per heavy atom. The molecule has 0 bridgehead atoms. The predicted molar refractivity (Wildman–Crippen MR) is 59.5 cm³/mol. The van der Waals surface area contributed by atoms with Crippen molar-refractivity contribution in [3.05, 3.63) is 23.8 Å². The van der Waals surface area contributed by atoms with Crippen LogP contribution in [-0.2, 0) is 11.2 Å². The maximum atomic E-state index is 10.4. The fraction of sp³-hybridized carbons (Fsp3) is 0.222. The molecule has 0 aliphatic carbocycles. The Bertz CT molecular complexity index is 356. The van der Waals surface area contributed by atoms with Crippen LogP contribution in [0.5, 0.6) is 11.5 Å². The fourth-order valence-electron chi connectivity index (χ4n) is 1.04. The lowest BCUT2D eigenvalue weighted by Gasteiger charge is -2.06. The average Bonchev–Trinajstić information content (AvgIpc) is 2.11. The van der Waals surface area contributed by atoms with Gasteiger partial charge in [0.05, 0.1) is 0 Å². The van der Waals surface area contributed by atoms with E-state index in [9.17, 15) is 4.79 Å². The van der Waals surface area contributed by atoms with E-state index in [2.05, 4.69) is 0 Å². The third-order valence-corrected chi connectivity index (χ3v) is 1.81. The quantitative estimate of drug-likeness (QED) is 0.555. The molecule has 6 heteroatoms. The molecule has 0 saturated carbocycles. The topological polar surface area (TPSA) is 104 Å². The standard InChI is InChI=1S/C9H11NO4.H2S/c10-6(9(13)14)3-5-1-2-7(11)8(12)4-5;/h1-2,4,6,11-12H,3,10H2,(H,13,14);1H2/t6-;/m0./s1. The van der Waals surface area contributed by atoms with Crippen molar-refractivity contribution in [2.75, 3.05) is 0 Å². The van der Waals surface area contributed by atoms with Gasteiger partial charge in [-0.15, -0.1) is 0 Å². The summed E-state index contributed by atoms with van der Waals surface area (Å²) in [5, 5.41) is 26.6. The Morgan fingerprint density at radius 2 is 1.93 bits per heavy atom. The maximum Gasteiger partial charge on any atom is 0.320 e. The zero-order chi connectivity index (χ0) is 10.7. The van der Waals surface area contributed by atoms with E-state index in [4.69, 9.17) is 21.1 Å². The third kappa shape index (κ3) is 3.69. The van der Waals surface area contributed by atoms with Crippen LogP contribution in [0.25, 0.3) is 0 Å². The van der Waals surface area contributed by atoms with Crippen LogP contribution in [0, 0.1) is 0 Å². The number of hydrogen-bond acceptors (Lipinski definition) is 4. The van der Waals surface area contributed by atoms with Crippen LogP contribution in [0.2, 0.25) is 0 Å². The molecule has 1 rings (SSSR count). The first-order valence-corrected chi connectivity index (χ1v) is 4.00. The van der Waals surface area contributed by atoms with Gasteiger partial charge in [-0.3, -0.25) is 4.79 Å². The summed E-state index contributed by atoms with van der Waals surface area (Å²) in [6, 6.07) is 3.09. The molecule has 1 atom stereocenters. The molecule has 15 heavy (non-hydrogen) atoms. The van der Waals surface area contributed by atoms with E-state index in [-0.39, 0.29) is 31.4 Å². The van der Waals surface area contributed by atoms with Gasteiger partial charge in [0.15, 0.2) is 11.5 Å². The molecular weight excluding hydrogens is 218 g/mol. The van der Waals surface area contributed by atoms with Gasteiger partial charge in [0.1, 0.15) is 6.04 Å². The third-order valence-electron chi connectivity index (χ3n) is 1.81. The number of benzene rings is 1. The molecule has 0 spiro atoms. The second-order valence-corrected chi connectivity index (χ2v) is 2.97. The minimum atomic E-state index is -1.10. The largest absolute Gasteiger partial charge is 0.504 e. The number of phenolic OH excluding ortho intramolecular Hbond substituents is 2. The van der Waals surface area contributed by atoms with Crippen molar-refractivity contribution in [3.8, 4) is 11.5 Å². The van der Waals surface area contributed by atoms with E-state index in [1.54, 1.807) is 0 Å². The van der Waals surface area contributed by atoms with Gasteiger partial charge in [0, 0.05) is 0 Å². The summed E-state index contributed by atoms with van der Waals surface area (Å²) in [6.07, 6.45) is 0.114. The number of carboxylic acid groups (broad SMARTS) is 1. The monoisotopic (exact) mass is 231 g/mol. The highest BCUT2D eigenvalue weighted by Crippen LogP contribution is 2.25. The molecule has 0 fully saturated rings. The molecule has 5 N–H and O–H groups in total. The van der Waals surface area contributed by atoms with E-state index >= 15 is 0 Å². The van der Waals surface area contributed by atoms with Crippen molar-refractivity contribution in [1.82, 2.24) is 0 Å². The van der Waals surface area contributed by atoms with Gasteiger partial charge >= 0.3 is 5.97 Å². The molecule has 1 aromatic rings. The number of nitrogens with two attached hydrogens (primary N) is 1. The molecule has 0 aliphatic heterocycles. The minimum absolute atomic E-state index is 0. The lowest BCUT2D eigenvalue weighted by Crippen LogP contribution is -2.32. The number of aliphatic carboxylic acids is 1. The smallest absolute Gasteiger partial charge is 0.320 e. The van der Waals surface area contributed by atoms with Gasteiger partial charge in [0.25, 0.3) is 0 Å². The zero-order valence-corrected chi connectivity index (χ0v) is 8.84. The lowest BCUT2D eigenvalue weighted by molar-refractivity contribution is -0.138. The van der Waals surface area contributed by atoms with Gasteiger partial charge in [-0.2, -0.15) is 13.5 Å². The second kappa shape index (κ2) is 5.47. The molecule has 84 valence electrons. The van der Waals surface area contributed by atoms with Crippen LogP contribution in [0.1, 0.15) is 5.56 Å². The molecule has 0 saturated heterocycles. The van der Waals surface area contributed by atoms with Crippen molar-refractivity contribution >= 4 is 19.5 Å². The van der Waals surface area contributed by atoms with Gasteiger partial charge in [-0.05, 0) is 24.1 Å². The number of aromatic hydroxyl groups is 2. The van der Waals surface area contributed by atoms with Gasteiger partial charge < -0.3 is 21.1 Å². The first-order chi connectivity index (χ1) is 6.50. The van der Waals surface area contributed by atoms with Crippen molar-refractivity contribution < 1.29 is 20.1 Å². The predicted octanol–water partition coefficient (Wildman–Crippen LogP) is 0.165. The number of hydrogen-bond donors (Lipinski definition) is 4. The highest BCUT2D eigenvalue weighted by Gasteiger charge is 2.12. The molecule has 0 aromatic heterocycles. The van der Waals surface area contributed by atoms with Crippen LogP contribution in [-0.4, -0.2) is 27.3 Å². The molecule has 1 aromatic carbocycles. The van der Waals surface area contributed by atoms with Crippen LogP contribution in [0.4, 0.5) is 0 Å². The Morgan fingerprint density at radius 3 is 2.40 bits per heavy atom. The molecule has 0 unspecified atom stereocenters. The summed E-state index contributed by atoms with van der Waals surface area (Å²) < 4.78 is 0. The summed E-state index contributed by atoms with van der Waals surface area (Å²) in [6.45, 7) is 0. The van der Waals surface area contributed by atoms with E-state index in [0.717, 1.165) is 0 Å². The van der Waals surface area contributed by atoms with Crippen LogP contribution in [0.3, 0.4) is 0 Å². The van der Waals surface area contributed by atoms with Crippen molar-refractivity contribution in [3.63, 3.8) is 0 Å². The Labute approximate surface area is 93.6 Å². The number of phenols is 2. The summed E-state index contributed by atoms with van der Waals surface area (Å²) in [4.78, 5) is 10.4. The molecule has 0 aliphatic rings. The lowest BCUT2D eigenvalue weighted by atomic mass is 10.1. The van der Waals surface area contributed by atoms with Gasteiger partial charge in [-0.1, -0.05) is 6.07 Å². The highest BCUT2D eigenvalue weighted by atomic mass is 32.1. The summed E-state index contributed by atoms with van der Waals surface area (Å²) >= 11 is 0. The normalized spacial score (nSPS) is 11.5. The van der Waals surface area contributed by atoms with E-state index < -0.39 is 12.0 Å². The van der Waals surface area contributed by atoms with Crippen LogP contribution in [0.15, 0.2) is 18.2 Å². The minimum Gasteiger partial charge on any atom is -0.504 e. The maximum absolute atomic E-state index is 10.4. The number of carbonyl (C=O) groups is 1. The molecule has 5 nitrogen and oxygen atoms in total. The van der Waals surface area contributed by atoms with Gasteiger partial charge in [-0.25, -0.2) is 0 Å².